The zero-order chi connectivity index (χ0) is 18.9. The Labute approximate surface area is 158 Å². The molecule has 0 N–H and O–H groups in total. The number of ether oxygens (including phenoxy) is 2. The molecule has 0 unspecified atom stereocenters. The minimum absolute atomic E-state index is 0.215. The first-order chi connectivity index (χ1) is 12.1. The summed E-state index contributed by atoms with van der Waals surface area (Å²) in [6, 6.07) is 0. The van der Waals surface area contributed by atoms with Gasteiger partial charge >= 0.3 is 11.9 Å². The topological polar surface area (TPSA) is 52.6 Å². The van der Waals surface area contributed by atoms with E-state index in [1.54, 1.807) is 0 Å². The summed E-state index contributed by atoms with van der Waals surface area (Å²) in [5.74, 6) is 0.865. The molecule has 0 saturated carbocycles. The van der Waals surface area contributed by atoms with Crippen LogP contribution in [0.3, 0.4) is 0 Å². The normalized spacial score (nSPS) is 13.3. The highest BCUT2D eigenvalue weighted by atomic mass is 32.2. The molecule has 0 aromatic rings. The van der Waals surface area contributed by atoms with Gasteiger partial charge in [-0.3, -0.25) is 9.59 Å². The summed E-state index contributed by atoms with van der Waals surface area (Å²) in [5.41, 5.74) is 0. The largest absolute Gasteiger partial charge is 0.465 e. The van der Waals surface area contributed by atoms with E-state index in [2.05, 4.69) is 27.7 Å². The highest BCUT2D eigenvalue weighted by Crippen LogP contribution is 2.15. The van der Waals surface area contributed by atoms with Gasteiger partial charge in [-0.2, -0.15) is 0 Å². The Hall–Kier alpha value is -0.710. The minimum atomic E-state index is -0.234. The number of esters is 2. The molecule has 0 radical (unpaired) electrons. The maximum atomic E-state index is 11.8. The Bertz CT molecular complexity index is 315. The van der Waals surface area contributed by atoms with Crippen LogP contribution in [0, 0.1) is 11.8 Å². The first-order valence-electron chi connectivity index (χ1n) is 9.96. The van der Waals surface area contributed by atoms with Crippen LogP contribution in [0.25, 0.3) is 0 Å². The Morgan fingerprint density at radius 2 is 1.16 bits per heavy atom. The first-order valence-corrected chi connectivity index (χ1v) is 11.1. The molecule has 0 spiro atoms. The van der Waals surface area contributed by atoms with Gasteiger partial charge in [-0.15, -0.1) is 11.8 Å². The Morgan fingerprint density at radius 1 is 0.760 bits per heavy atom. The third-order valence-corrected chi connectivity index (χ3v) is 5.37. The van der Waals surface area contributed by atoms with Gasteiger partial charge in [-0.05, 0) is 24.7 Å². The fourth-order valence-electron chi connectivity index (χ4n) is 2.52. The fourth-order valence-corrected chi connectivity index (χ4v) is 3.12. The number of unbranched alkanes of at least 4 members (excludes halogenated alkanes) is 2. The molecule has 0 aliphatic heterocycles. The lowest BCUT2D eigenvalue weighted by molar-refractivity contribution is -0.142. The first kappa shape index (κ1) is 24.3. The summed E-state index contributed by atoms with van der Waals surface area (Å²) in [6.07, 6.45) is 8.96. The van der Waals surface area contributed by atoms with E-state index >= 15 is 0 Å². The quantitative estimate of drug-likeness (QED) is 0.346. The molecule has 0 saturated heterocycles. The van der Waals surface area contributed by atoms with Crippen molar-refractivity contribution in [2.45, 2.75) is 79.1 Å². The highest BCUT2D eigenvalue weighted by molar-refractivity contribution is 8.00. The zero-order valence-corrected chi connectivity index (χ0v) is 17.5. The van der Waals surface area contributed by atoms with E-state index in [9.17, 15) is 9.59 Å². The van der Waals surface area contributed by atoms with Gasteiger partial charge < -0.3 is 9.47 Å². The molecule has 0 rings (SSSR count). The lowest BCUT2D eigenvalue weighted by Crippen LogP contribution is -2.18. The summed E-state index contributed by atoms with van der Waals surface area (Å²) in [7, 11) is 0. The standard InChI is InChI=1S/C20H38O4S/c1-5-9-11-17(7-3)13-23-19(21)15-25-16-20(22)24-14-18(8-4)12-10-6-2/h17-18H,5-16H2,1-4H3/t17-,18-/m0/s1. The second kappa shape index (κ2) is 16.7. The van der Waals surface area contributed by atoms with E-state index in [1.807, 2.05) is 0 Å². The Balaban J connectivity index is 3.79. The molecule has 2 atom stereocenters. The van der Waals surface area contributed by atoms with Crippen molar-refractivity contribution in [3.63, 3.8) is 0 Å². The van der Waals surface area contributed by atoms with E-state index in [0.29, 0.717) is 25.0 Å². The summed E-state index contributed by atoms with van der Waals surface area (Å²) in [4.78, 5) is 23.5. The number of hydrogen-bond acceptors (Lipinski definition) is 5. The predicted octanol–water partition coefficient (Wildman–Crippen LogP) is 5.24. The van der Waals surface area contributed by atoms with Gasteiger partial charge in [0.15, 0.2) is 0 Å². The van der Waals surface area contributed by atoms with Crippen molar-refractivity contribution in [1.82, 2.24) is 0 Å². The van der Waals surface area contributed by atoms with Crippen LogP contribution in [0.15, 0.2) is 0 Å². The number of carbonyl (C=O) groups is 2. The van der Waals surface area contributed by atoms with E-state index in [1.165, 1.54) is 37.4 Å². The van der Waals surface area contributed by atoms with Crippen LogP contribution in [0.1, 0.15) is 79.1 Å². The molecule has 0 heterocycles. The molecule has 4 nitrogen and oxygen atoms in total. The van der Waals surface area contributed by atoms with Crippen molar-refractivity contribution >= 4 is 23.7 Å². The molecule has 0 aliphatic rings. The molecule has 0 bridgehead atoms. The number of carbonyl (C=O) groups excluding carboxylic acids is 2. The second-order valence-electron chi connectivity index (χ2n) is 6.69. The fraction of sp³-hybridized carbons (Fsp3) is 0.900. The molecule has 5 heteroatoms. The van der Waals surface area contributed by atoms with Crippen LogP contribution >= 0.6 is 11.8 Å². The second-order valence-corrected chi connectivity index (χ2v) is 7.68. The van der Waals surface area contributed by atoms with E-state index in [-0.39, 0.29) is 23.4 Å². The third-order valence-electron chi connectivity index (χ3n) is 4.49. The maximum absolute atomic E-state index is 11.8. The van der Waals surface area contributed by atoms with Gasteiger partial charge in [-0.1, -0.05) is 66.2 Å². The van der Waals surface area contributed by atoms with Gasteiger partial charge in [-0.25, -0.2) is 0 Å². The zero-order valence-electron chi connectivity index (χ0n) is 16.7. The molecular weight excluding hydrogens is 336 g/mol. The SMILES string of the molecule is CCCC[C@H](CC)COC(=O)CSCC(=O)OC[C@@H](CC)CCCC. The van der Waals surface area contributed by atoms with Gasteiger partial charge in [0, 0.05) is 0 Å². The average molecular weight is 375 g/mol. The molecule has 0 aromatic heterocycles. The minimum Gasteiger partial charge on any atom is -0.465 e. The molecule has 0 aliphatic carbocycles. The average Bonchev–Trinajstić information content (AvgIpc) is 2.62. The van der Waals surface area contributed by atoms with Gasteiger partial charge in [0.1, 0.15) is 0 Å². The molecule has 148 valence electrons. The molecule has 25 heavy (non-hydrogen) atoms. The van der Waals surface area contributed by atoms with Crippen LogP contribution < -0.4 is 0 Å². The van der Waals surface area contributed by atoms with Gasteiger partial charge in [0.2, 0.25) is 0 Å². The molecular formula is C20H38O4S. The highest BCUT2D eigenvalue weighted by Gasteiger charge is 2.13. The summed E-state index contributed by atoms with van der Waals surface area (Å²) in [5, 5.41) is 0. The monoisotopic (exact) mass is 374 g/mol. The number of thioether (sulfide) groups is 1. The van der Waals surface area contributed by atoms with Crippen LogP contribution in [0.2, 0.25) is 0 Å². The smallest absolute Gasteiger partial charge is 0.315 e. The van der Waals surface area contributed by atoms with Gasteiger partial charge in [0.05, 0.1) is 24.7 Å². The predicted molar refractivity (Wildman–Crippen MR) is 106 cm³/mol. The van der Waals surface area contributed by atoms with Crippen LogP contribution in [0.4, 0.5) is 0 Å². The van der Waals surface area contributed by atoms with Crippen LogP contribution in [-0.4, -0.2) is 36.7 Å². The third kappa shape index (κ3) is 14.2. The molecule has 0 amide bonds. The lowest BCUT2D eigenvalue weighted by Gasteiger charge is -2.15. The van der Waals surface area contributed by atoms with E-state index < -0.39 is 0 Å². The van der Waals surface area contributed by atoms with Crippen molar-refractivity contribution in [3.05, 3.63) is 0 Å². The lowest BCUT2D eigenvalue weighted by atomic mass is 10.0. The number of rotatable bonds is 16. The van der Waals surface area contributed by atoms with Gasteiger partial charge in [0.25, 0.3) is 0 Å². The van der Waals surface area contributed by atoms with Crippen molar-refractivity contribution in [2.75, 3.05) is 24.7 Å². The Kier molecular flexibility index (Phi) is 16.3. The molecule has 0 fully saturated rings. The number of hydrogen-bond donors (Lipinski definition) is 0. The summed E-state index contributed by atoms with van der Waals surface area (Å²) >= 11 is 1.27. The van der Waals surface area contributed by atoms with Crippen molar-refractivity contribution in [3.8, 4) is 0 Å². The van der Waals surface area contributed by atoms with Crippen LogP contribution in [0.5, 0.6) is 0 Å². The van der Waals surface area contributed by atoms with Crippen molar-refractivity contribution in [2.24, 2.45) is 11.8 Å². The summed E-state index contributed by atoms with van der Waals surface area (Å²) in [6.45, 7) is 9.58. The van der Waals surface area contributed by atoms with Crippen molar-refractivity contribution in [1.29, 1.82) is 0 Å². The summed E-state index contributed by atoms with van der Waals surface area (Å²) < 4.78 is 10.6. The van der Waals surface area contributed by atoms with Crippen molar-refractivity contribution < 1.29 is 19.1 Å². The van der Waals surface area contributed by atoms with E-state index in [0.717, 1.165) is 25.7 Å². The molecule has 0 aromatic carbocycles. The maximum Gasteiger partial charge on any atom is 0.315 e. The Morgan fingerprint density at radius 3 is 1.48 bits per heavy atom. The van der Waals surface area contributed by atoms with Crippen LogP contribution in [-0.2, 0) is 19.1 Å². The van der Waals surface area contributed by atoms with E-state index in [4.69, 9.17) is 9.47 Å².